The molecule has 5 heteroatoms. The first kappa shape index (κ1) is 15.7. The molecule has 0 aliphatic rings. The summed E-state index contributed by atoms with van der Waals surface area (Å²) in [6.07, 6.45) is 1.74. The molecule has 0 aliphatic heterocycles. The molecule has 0 radical (unpaired) electrons. The SMILES string of the molecule is COc1ccc(C(C)=O)cc1CC(=O)Nc1ncccc1C. The van der Waals surface area contributed by atoms with Crippen molar-refractivity contribution in [3.8, 4) is 5.75 Å². The zero-order valence-electron chi connectivity index (χ0n) is 12.8. The van der Waals surface area contributed by atoms with Crippen molar-refractivity contribution in [2.75, 3.05) is 12.4 Å². The molecule has 1 N–H and O–H groups in total. The van der Waals surface area contributed by atoms with E-state index in [2.05, 4.69) is 10.3 Å². The molecule has 1 heterocycles. The van der Waals surface area contributed by atoms with Gasteiger partial charge in [-0.25, -0.2) is 4.98 Å². The Bertz CT molecular complexity index is 711. The van der Waals surface area contributed by atoms with Crippen LogP contribution >= 0.6 is 0 Å². The van der Waals surface area contributed by atoms with Crippen LogP contribution < -0.4 is 10.1 Å². The van der Waals surface area contributed by atoms with E-state index >= 15 is 0 Å². The summed E-state index contributed by atoms with van der Waals surface area (Å²) in [7, 11) is 1.53. The average molecular weight is 298 g/mol. The monoisotopic (exact) mass is 298 g/mol. The summed E-state index contributed by atoms with van der Waals surface area (Å²) >= 11 is 0. The highest BCUT2D eigenvalue weighted by Gasteiger charge is 2.12. The first-order chi connectivity index (χ1) is 10.5. The lowest BCUT2D eigenvalue weighted by atomic mass is 10.0. The minimum Gasteiger partial charge on any atom is -0.496 e. The molecule has 1 amide bonds. The van der Waals surface area contributed by atoms with Crippen LogP contribution in [0.5, 0.6) is 5.75 Å². The Kier molecular flexibility index (Phi) is 4.88. The summed E-state index contributed by atoms with van der Waals surface area (Å²) in [5, 5.41) is 2.77. The fourth-order valence-electron chi connectivity index (χ4n) is 2.10. The van der Waals surface area contributed by atoms with Gasteiger partial charge < -0.3 is 10.1 Å². The number of nitrogens with one attached hydrogen (secondary N) is 1. The third-order valence-corrected chi connectivity index (χ3v) is 3.31. The van der Waals surface area contributed by atoms with Crippen molar-refractivity contribution in [2.24, 2.45) is 0 Å². The van der Waals surface area contributed by atoms with Gasteiger partial charge in [0, 0.05) is 17.3 Å². The van der Waals surface area contributed by atoms with E-state index in [1.54, 1.807) is 24.4 Å². The van der Waals surface area contributed by atoms with E-state index in [4.69, 9.17) is 4.74 Å². The van der Waals surface area contributed by atoms with Crippen molar-refractivity contribution in [3.05, 3.63) is 53.2 Å². The number of pyridine rings is 1. The first-order valence-electron chi connectivity index (χ1n) is 6.90. The van der Waals surface area contributed by atoms with Gasteiger partial charge in [0.05, 0.1) is 13.5 Å². The van der Waals surface area contributed by atoms with Crippen LogP contribution in [0, 0.1) is 6.92 Å². The van der Waals surface area contributed by atoms with Crippen molar-refractivity contribution in [1.29, 1.82) is 0 Å². The van der Waals surface area contributed by atoms with Gasteiger partial charge in [-0.3, -0.25) is 9.59 Å². The highest BCUT2D eigenvalue weighted by Crippen LogP contribution is 2.21. The fraction of sp³-hybridized carbons (Fsp3) is 0.235. The van der Waals surface area contributed by atoms with E-state index in [1.807, 2.05) is 19.1 Å². The molecule has 0 unspecified atom stereocenters. The number of carbonyl (C=O) groups is 2. The minimum atomic E-state index is -0.208. The number of methoxy groups -OCH3 is 1. The predicted molar refractivity (Wildman–Crippen MR) is 84.3 cm³/mol. The maximum absolute atomic E-state index is 12.2. The average Bonchev–Trinajstić information content (AvgIpc) is 2.49. The Hall–Kier alpha value is -2.69. The zero-order valence-corrected chi connectivity index (χ0v) is 12.8. The molecule has 5 nitrogen and oxygen atoms in total. The highest BCUT2D eigenvalue weighted by molar-refractivity contribution is 5.96. The van der Waals surface area contributed by atoms with Crippen LogP contribution in [0.25, 0.3) is 0 Å². The summed E-state index contributed by atoms with van der Waals surface area (Å²) in [6, 6.07) is 8.76. The van der Waals surface area contributed by atoms with Gasteiger partial charge in [-0.2, -0.15) is 0 Å². The Morgan fingerprint density at radius 1 is 1.27 bits per heavy atom. The van der Waals surface area contributed by atoms with Gasteiger partial charge in [-0.15, -0.1) is 0 Å². The Morgan fingerprint density at radius 2 is 2.05 bits per heavy atom. The molecule has 0 aliphatic carbocycles. The maximum atomic E-state index is 12.2. The maximum Gasteiger partial charge on any atom is 0.230 e. The summed E-state index contributed by atoms with van der Waals surface area (Å²) < 4.78 is 5.25. The molecule has 2 rings (SSSR count). The van der Waals surface area contributed by atoms with Crippen molar-refractivity contribution < 1.29 is 14.3 Å². The summed E-state index contributed by atoms with van der Waals surface area (Å²) in [6.45, 7) is 3.36. The quantitative estimate of drug-likeness (QED) is 0.862. The molecule has 0 bridgehead atoms. The Morgan fingerprint density at radius 3 is 2.68 bits per heavy atom. The largest absolute Gasteiger partial charge is 0.496 e. The number of Topliss-reactive ketones (excluding diaryl/α,β-unsaturated/α-hetero) is 1. The fourth-order valence-corrected chi connectivity index (χ4v) is 2.10. The lowest BCUT2D eigenvalue weighted by Crippen LogP contribution is -2.16. The number of hydrogen-bond acceptors (Lipinski definition) is 4. The number of nitrogens with zero attached hydrogens (tertiary/aromatic N) is 1. The number of ketones is 1. The number of anilines is 1. The Labute approximate surface area is 129 Å². The van der Waals surface area contributed by atoms with E-state index < -0.39 is 0 Å². The summed E-state index contributed by atoms with van der Waals surface area (Å²) in [4.78, 5) is 27.8. The van der Waals surface area contributed by atoms with Crippen LogP contribution in [0.4, 0.5) is 5.82 Å². The second-order valence-corrected chi connectivity index (χ2v) is 4.98. The van der Waals surface area contributed by atoms with Gasteiger partial charge >= 0.3 is 0 Å². The van der Waals surface area contributed by atoms with E-state index in [0.29, 0.717) is 22.7 Å². The molecular weight excluding hydrogens is 280 g/mol. The molecule has 114 valence electrons. The van der Waals surface area contributed by atoms with E-state index in [1.165, 1.54) is 14.0 Å². The van der Waals surface area contributed by atoms with Crippen molar-refractivity contribution >= 4 is 17.5 Å². The second kappa shape index (κ2) is 6.85. The van der Waals surface area contributed by atoms with Crippen molar-refractivity contribution in [3.63, 3.8) is 0 Å². The molecule has 0 saturated heterocycles. The molecule has 0 saturated carbocycles. The molecule has 1 aromatic carbocycles. The number of carbonyl (C=O) groups excluding carboxylic acids is 2. The first-order valence-corrected chi connectivity index (χ1v) is 6.90. The number of benzene rings is 1. The number of rotatable bonds is 5. The number of hydrogen-bond donors (Lipinski definition) is 1. The van der Waals surface area contributed by atoms with Crippen LogP contribution in [-0.2, 0) is 11.2 Å². The molecule has 0 atom stereocenters. The van der Waals surface area contributed by atoms with Gasteiger partial charge in [-0.05, 0) is 43.7 Å². The van der Waals surface area contributed by atoms with Gasteiger partial charge in [0.25, 0.3) is 0 Å². The lowest BCUT2D eigenvalue weighted by molar-refractivity contribution is -0.115. The third-order valence-electron chi connectivity index (χ3n) is 3.31. The molecule has 2 aromatic rings. The summed E-state index contributed by atoms with van der Waals surface area (Å²) in [5.74, 6) is 0.859. The van der Waals surface area contributed by atoms with E-state index in [-0.39, 0.29) is 18.1 Å². The lowest BCUT2D eigenvalue weighted by Gasteiger charge is -2.11. The van der Waals surface area contributed by atoms with E-state index in [9.17, 15) is 9.59 Å². The highest BCUT2D eigenvalue weighted by atomic mass is 16.5. The summed E-state index contributed by atoms with van der Waals surface area (Å²) in [5.41, 5.74) is 2.11. The molecular formula is C17H18N2O3. The minimum absolute atomic E-state index is 0.0510. The smallest absolute Gasteiger partial charge is 0.230 e. The predicted octanol–water partition coefficient (Wildman–Crippen LogP) is 2.78. The van der Waals surface area contributed by atoms with Gasteiger partial charge in [0.2, 0.25) is 5.91 Å². The van der Waals surface area contributed by atoms with Crippen LogP contribution in [0.1, 0.15) is 28.4 Å². The third kappa shape index (κ3) is 3.69. The molecule has 1 aromatic heterocycles. The number of ether oxygens (including phenoxy) is 1. The van der Waals surface area contributed by atoms with Crippen LogP contribution in [-0.4, -0.2) is 23.8 Å². The van der Waals surface area contributed by atoms with Crippen LogP contribution in [0.3, 0.4) is 0 Å². The normalized spacial score (nSPS) is 10.1. The number of aryl methyl sites for hydroxylation is 1. The van der Waals surface area contributed by atoms with Gasteiger partial charge in [0.1, 0.15) is 11.6 Å². The van der Waals surface area contributed by atoms with Gasteiger partial charge in [-0.1, -0.05) is 6.07 Å². The van der Waals surface area contributed by atoms with E-state index in [0.717, 1.165) is 5.56 Å². The second-order valence-electron chi connectivity index (χ2n) is 4.98. The van der Waals surface area contributed by atoms with Crippen molar-refractivity contribution in [1.82, 2.24) is 4.98 Å². The molecule has 0 spiro atoms. The molecule has 0 fully saturated rings. The van der Waals surface area contributed by atoms with Gasteiger partial charge in [0.15, 0.2) is 5.78 Å². The number of aromatic nitrogens is 1. The van der Waals surface area contributed by atoms with Crippen LogP contribution in [0.2, 0.25) is 0 Å². The van der Waals surface area contributed by atoms with Crippen molar-refractivity contribution in [2.45, 2.75) is 20.3 Å². The Balaban J connectivity index is 2.19. The zero-order chi connectivity index (χ0) is 16.1. The van der Waals surface area contributed by atoms with Crippen LogP contribution in [0.15, 0.2) is 36.5 Å². The topological polar surface area (TPSA) is 68.3 Å². The molecule has 22 heavy (non-hydrogen) atoms. The standard InChI is InChI=1S/C17H18N2O3/c1-11-5-4-8-18-17(11)19-16(21)10-14-9-13(12(2)20)6-7-15(14)22-3/h4-9H,10H2,1-3H3,(H,18,19,21). The number of amides is 1.